The summed E-state index contributed by atoms with van der Waals surface area (Å²) < 4.78 is 0. The van der Waals surface area contributed by atoms with Gasteiger partial charge in [-0.3, -0.25) is 14.8 Å². The van der Waals surface area contributed by atoms with Crippen LogP contribution in [0.4, 0.5) is 0 Å². The molecule has 0 bridgehead atoms. The van der Waals surface area contributed by atoms with Crippen LogP contribution in [0.1, 0.15) is 17.3 Å². The fourth-order valence-electron chi connectivity index (χ4n) is 2.68. The number of hydrogen-bond acceptors (Lipinski definition) is 5. The molecule has 0 unspecified atom stereocenters. The van der Waals surface area contributed by atoms with Crippen molar-refractivity contribution >= 4 is 28.7 Å². The third-order valence-corrected chi connectivity index (χ3v) is 4.27. The largest absolute Gasteiger partial charge is 0.352 e. The number of aromatic nitrogens is 5. The van der Waals surface area contributed by atoms with Crippen molar-refractivity contribution in [2.24, 2.45) is 0 Å². The summed E-state index contributed by atoms with van der Waals surface area (Å²) in [6.07, 6.45) is 4.88. The fraction of sp³-hybridized carbons (Fsp3) is 0.105. The summed E-state index contributed by atoms with van der Waals surface area (Å²) in [5, 5.41) is 3.11. The second-order valence-corrected chi connectivity index (χ2v) is 6.21. The number of H-pyrrole nitrogens is 1. The van der Waals surface area contributed by atoms with E-state index in [-0.39, 0.29) is 5.91 Å². The van der Waals surface area contributed by atoms with Gasteiger partial charge in [0.05, 0.1) is 21.8 Å². The summed E-state index contributed by atoms with van der Waals surface area (Å²) in [6, 6.07) is 9.06. The van der Waals surface area contributed by atoms with E-state index in [0.29, 0.717) is 40.0 Å². The van der Waals surface area contributed by atoms with E-state index in [1.54, 1.807) is 18.5 Å². The second kappa shape index (κ2) is 7.13. The van der Waals surface area contributed by atoms with E-state index < -0.39 is 0 Å². The lowest BCUT2D eigenvalue weighted by molar-refractivity contribution is 0.0955. The molecule has 0 aliphatic rings. The number of hydrogen-bond donors (Lipinski definition) is 2. The average molecular weight is 379 g/mol. The molecular weight excluding hydrogens is 364 g/mol. The first-order valence-electron chi connectivity index (χ1n) is 8.37. The van der Waals surface area contributed by atoms with Crippen LogP contribution < -0.4 is 5.32 Å². The fourth-order valence-corrected chi connectivity index (χ4v) is 2.95. The first-order valence-corrected chi connectivity index (χ1v) is 8.75. The number of carbonyl (C=O) groups is 1. The third kappa shape index (κ3) is 3.37. The zero-order valence-corrected chi connectivity index (χ0v) is 15.2. The van der Waals surface area contributed by atoms with Crippen molar-refractivity contribution in [2.45, 2.75) is 6.92 Å². The van der Waals surface area contributed by atoms with Crippen molar-refractivity contribution in [1.29, 1.82) is 0 Å². The van der Waals surface area contributed by atoms with Crippen molar-refractivity contribution in [3.8, 4) is 22.8 Å². The smallest absolute Gasteiger partial charge is 0.252 e. The molecule has 0 aliphatic heterocycles. The molecule has 4 heterocycles. The maximum atomic E-state index is 11.9. The Hall–Kier alpha value is -3.32. The Labute approximate surface area is 159 Å². The molecule has 0 fully saturated rings. The number of imidazole rings is 1. The van der Waals surface area contributed by atoms with Gasteiger partial charge in [0, 0.05) is 30.7 Å². The molecule has 4 aromatic rings. The van der Waals surface area contributed by atoms with E-state index in [1.807, 2.05) is 31.2 Å². The molecule has 0 saturated carbocycles. The Morgan fingerprint density at radius 3 is 2.78 bits per heavy atom. The van der Waals surface area contributed by atoms with Crippen LogP contribution in [0.5, 0.6) is 0 Å². The monoisotopic (exact) mass is 378 g/mol. The molecule has 27 heavy (non-hydrogen) atoms. The Morgan fingerprint density at radius 2 is 2.07 bits per heavy atom. The van der Waals surface area contributed by atoms with Crippen molar-refractivity contribution in [2.75, 3.05) is 6.54 Å². The first kappa shape index (κ1) is 17.1. The number of aromatic amines is 1. The first-order chi connectivity index (χ1) is 13.2. The number of fused-ring (bicyclic) bond motifs is 1. The number of nitrogens with zero attached hydrogens (tertiary/aromatic N) is 4. The van der Waals surface area contributed by atoms with Crippen LogP contribution in [0.3, 0.4) is 0 Å². The summed E-state index contributed by atoms with van der Waals surface area (Å²) in [7, 11) is 0. The van der Waals surface area contributed by atoms with Crippen LogP contribution >= 0.6 is 11.6 Å². The molecule has 2 N–H and O–H groups in total. The second-order valence-electron chi connectivity index (χ2n) is 5.81. The molecule has 134 valence electrons. The minimum absolute atomic E-state index is 0.203. The molecule has 7 nitrogen and oxygen atoms in total. The lowest BCUT2D eigenvalue weighted by Crippen LogP contribution is -2.22. The topological polar surface area (TPSA) is 96.5 Å². The Bertz CT molecular complexity index is 1090. The Kier molecular flexibility index (Phi) is 4.52. The molecule has 0 aliphatic carbocycles. The maximum absolute atomic E-state index is 11.9. The summed E-state index contributed by atoms with van der Waals surface area (Å²) >= 11 is 6.32. The summed E-state index contributed by atoms with van der Waals surface area (Å²) in [5.74, 6) is 0.436. The van der Waals surface area contributed by atoms with Crippen molar-refractivity contribution < 1.29 is 4.79 Å². The lowest BCUT2D eigenvalue weighted by atomic mass is 10.1. The predicted octanol–water partition coefficient (Wildman–Crippen LogP) is 3.49. The highest BCUT2D eigenvalue weighted by Gasteiger charge is 2.12. The van der Waals surface area contributed by atoms with Crippen LogP contribution in [-0.2, 0) is 0 Å². The van der Waals surface area contributed by atoms with E-state index in [4.69, 9.17) is 11.6 Å². The Morgan fingerprint density at radius 1 is 1.19 bits per heavy atom. The molecule has 4 rings (SSSR count). The highest BCUT2D eigenvalue weighted by Crippen LogP contribution is 2.27. The molecule has 8 heteroatoms. The lowest BCUT2D eigenvalue weighted by Gasteiger charge is -2.07. The normalized spacial score (nSPS) is 10.9. The van der Waals surface area contributed by atoms with Crippen LogP contribution in [-0.4, -0.2) is 37.4 Å². The zero-order valence-electron chi connectivity index (χ0n) is 14.4. The number of pyridine rings is 3. The standard InChI is InChI=1S/C19H15ClN6O/c1-2-21-19(27)12-8-13(20)16(24-10-12)11-5-6-14(23-9-11)18-25-15-4-3-7-22-17(15)26-18/h3-10H,2H2,1H3,(H,21,27)(H,22,25,26). The van der Waals surface area contributed by atoms with Gasteiger partial charge in [-0.1, -0.05) is 11.6 Å². The predicted molar refractivity (Wildman–Crippen MR) is 103 cm³/mol. The van der Waals surface area contributed by atoms with Crippen LogP contribution in [0.25, 0.3) is 33.9 Å². The molecule has 0 spiro atoms. The quantitative estimate of drug-likeness (QED) is 0.566. The summed E-state index contributed by atoms with van der Waals surface area (Å²) in [4.78, 5) is 32.5. The number of amides is 1. The highest BCUT2D eigenvalue weighted by atomic mass is 35.5. The van der Waals surface area contributed by atoms with Gasteiger partial charge in [0.1, 0.15) is 5.69 Å². The average Bonchev–Trinajstić information content (AvgIpc) is 3.12. The van der Waals surface area contributed by atoms with Gasteiger partial charge in [-0.25, -0.2) is 9.97 Å². The number of halogens is 1. The van der Waals surface area contributed by atoms with Crippen LogP contribution in [0.2, 0.25) is 5.02 Å². The highest BCUT2D eigenvalue weighted by molar-refractivity contribution is 6.33. The SMILES string of the molecule is CCNC(=O)c1cnc(-c2ccc(-c3nc4ncccc4[nH]3)nc2)c(Cl)c1. The van der Waals surface area contributed by atoms with Crippen LogP contribution in [0.15, 0.2) is 48.9 Å². The zero-order chi connectivity index (χ0) is 18.8. The van der Waals surface area contributed by atoms with Crippen LogP contribution in [0, 0.1) is 0 Å². The van der Waals surface area contributed by atoms with E-state index in [2.05, 4.69) is 30.2 Å². The minimum Gasteiger partial charge on any atom is -0.352 e. The van der Waals surface area contributed by atoms with Gasteiger partial charge in [0.15, 0.2) is 11.5 Å². The molecule has 1 amide bonds. The van der Waals surface area contributed by atoms with Gasteiger partial charge >= 0.3 is 0 Å². The summed E-state index contributed by atoms with van der Waals surface area (Å²) in [6.45, 7) is 2.40. The molecule has 4 aromatic heterocycles. The van der Waals surface area contributed by atoms with Gasteiger partial charge in [0.25, 0.3) is 5.91 Å². The Balaban J connectivity index is 1.63. The van der Waals surface area contributed by atoms with E-state index >= 15 is 0 Å². The summed E-state index contributed by atoms with van der Waals surface area (Å²) in [5.41, 5.74) is 3.92. The molecule has 0 saturated heterocycles. The molecule has 0 atom stereocenters. The van der Waals surface area contributed by atoms with Gasteiger partial charge < -0.3 is 10.3 Å². The number of nitrogens with one attached hydrogen (secondary N) is 2. The van der Waals surface area contributed by atoms with Gasteiger partial charge in [0.2, 0.25) is 0 Å². The third-order valence-electron chi connectivity index (χ3n) is 3.98. The van der Waals surface area contributed by atoms with Gasteiger partial charge in [-0.2, -0.15) is 0 Å². The minimum atomic E-state index is -0.203. The van der Waals surface area contributed by atoms with Crippen molar-refractivity contribution in [3.05, 3.63) is 59.5 Å². The maximum Gasteiger partial charge on any atom is 0.252 e. The van der Waals surface area contributed by atoms with E-state index in [0.717, 1.165) is 11.1 Å². The molecular formula is C19H15ClN6O. The van der Waals surface area contributed by atoms with Crippen molar-refractivity contribution in [1.82, 2.24) is 30.2 Å². The van der Waals surface area contributed by atoms with Gasteiger partial charge in [-0.15, -0.1) is 0 Å². The van der Waals surface area contributed by atoms with E-state index in [9.17, 15) is 4.79 Å². The number of carbonyl (C=O) groups excluding carboxylic acids is 1. The van der Waals surface area contributed by atoms with Crippen molar-refractivity contribution in [3.63, 3.8) is 0 Å². The van der Waals surface area contributed by atoms with Gasteiger partial charge in [-0.05, 0) is 37.3 Å². The van der Waals surface area contributed by atoms with E-state index in [1.165, 1.54) is 6.20 Å². The molecule has 0 aromatic carbocycles. The molecule has 0 radical (unpaired) electrons. The number of rotatable bonds is 4.